The number of nitrogens with zero attached hydrogens (tertiary/aromatic N) is 1. The standard InChI is InChI=1S/C16H20N2O4S/c1-2-14(19)18-10-23-9-13(18)15(20)17-8-12(16(21)22)11-6-4-3-5-7-11/h3-7,12-13H,2,8-10H2,1H3,(H,17,20)(H,21,22). The van der Waals surface area contributed by atoms with Crippen molar-refractivity contribution in [2.75, 3.05) is 18.2 Å². The van der Waals surface area contributed by atoms with Gasteiger partial charge in [-0.2, -0.15) is 0 Å². The molecular formula is C16H20N2O4S. The number of rotatable bonds is 6. The highest BCUT2D eigenvalue weighted by atomic mass is 32.2. The molecule has 23 heavy (non-hydrogen) atoms. The van der Waals surface area contributed by atoms with E-state index in [1.165, 1.54) is 11.8 Å². The maximum Gasteiger partial charge on any atom is 0.312 e. The van der Waals surface area contributed by atoms with E-state index in [1.54, 1.807) is 36.1 Å². The number of hydrogen-bond acceptors (Lipinski definition) is 4. The van der Waals surface area contributed by atoms with Gasteiger partial charge in [-0.3, -0.25) is 14.4 Å². The second-order valence-electron chi connectivity index (χ2n) is 5.28. The van der Waals surface area contributed by atoms with Crippen molar-refractivity contribution in [3.63, 3.8) is 0 Å². The second-order valence-corrected chi connectivity index (χ2v) is 6.28. The third-order valence-electron chi connectivity index (χ3n) is 3.79. The third kappa shape index (κ3) is 4.25. The van der Waals surface area contributed by atoms with Crippen molar-refractivity contribution in [3.05, 3.63) is 35.9 Å². The lowest BCUT2D eigenvalue weighted by molar-refractivity contribution is -0.140. The molecular weight excluding hydrogens is 316 g/mol. The van der Waals surface area contributed by atoms with Crippen LogP contribution in [0.1, 0.15) is 24.8 Å². The molecule has 2 atom stereocenters. The number of aliphatic carboxylic acids is 1. The van der Waals surface area contributed by atoms with Crippen LogP contribution in [0.15, 0.2) is 30.3 Å². The molecule has 2 amide bonds. The van der Waals surface area contributed by atoms with Gasteiger partial charge in [0.1, 0.15) is 6.04 Å². The lowest BCUT2D eigenvalue weighted by atomic mass is 9.99. The molecule has 124 valence electrons. The van der Waals surface area contributed by atoms with Crippen molar-refractivity contribution in [2.45, 2.75) is 25.3 Å². The monoisotopic (exact) mass is 336 g/mol. The van der Waals surface area contributed by atoms with Crippen LogP contribution < -0.4 is 5.32 Å². The zero-order valence-corrected chi connectivity index (χ0v) is 13.7. The molecule has 2 unspecified atom stereocenters. The van der Waals surface area contributed by atoms with E-state index in [0.717, 1.165) is 0 Å². The Bertz CT molecular complexity index is 579. The minimum absolute atomic E-state index is 0.00744. The Kier molecular flexibility index (Phi) is 6.04. The Morgan fingerprint density at radius 1 is 1.35 bits per heavy atom. The highest BCUT2D eigenvalue weighted by molar-refractivity contribution is 7.99. The van der Waals surface area contributed by atoms with Crippen LogP contribution in [-0.2, 0) is 14.4 Å². The fraction of sp³-hybridized carbons (Fsp3) is 0.438. The van der Waals surface area contributed by atoms with E-state index in [1.807, 2.05) is 6.07 Å². The minimum atomic E-state index is -0.987. The molecule has 2 rings (SSSR count). The molecule has 6 nitrogen and oxygen atoms in total. The number of benzene rings is 1. The van der Waals surface area contributed by atoms with Crippen molar-refractivity contribution in [1.82, 2.24) is 10.2 Å². The molecule has 1 aliphatic rings. The molecule has 1 aromatic carbocycles. The summed E-state index contributed by atoms with van der Waals surface area (Å²) in [6.07, 6.45) is 0.353. The molecule has 0 aromatic heterocycles. The Balaban J connectivity index is 1.99. The molecule has 0 aliphatic carbocycles. The maximum absolute atomic E-state index is 12.3. The van der Waals surface area contributed by atoms with Crippen LogP contribution in [-0.4, -0.2) is 52.0 Å². The van der Waals surface area contributed by atoms with Crippen molar-refractivity contribution >= 4 is 29.5 Å². The van der Waals surface area contributed by atoms with E-state index < -0.39 is 17.9 Å². The predicted molar refractivity (Wildman–Crippen MR) is 88.1 cm³/mol. The van der Waals surface area contributed by atoms with Crippen LogP contribution in [0.2, 0.25) is 0 Å². The zero-order valence-electron chi connectivity index (χ0n) is 12.9. The molecule has 1 fully saturated rings. The van der Waals surface area contributed by atoms with Crippen LogP contribution in [0.25, 0.3) is 0 Å². The quantitative estimate of drug-likeness (QED) is 0.817. The van der Waals surface area contributed by atoms with Crippen LogP contribution in [0, 0.1) is 0 Å². The minimum Gasteiger partial charge on any atom is -0.481 e. The fourth-order valence-electron chi connectivity index (χ4n) is 2.46. The summed E-state index contributed by atoms with van der Waals surface area (Å²) < 4.78 is 0. The normalized spacial score (nSPS) is 18.5. The number of thioether (sulfide) groups is 1. The Labute approximate surface area is 139 Å². The first-order valence-corrected chi connectivity index (χ1v) is 8.62. The number of carbonyl (C=O) groups is 3. The lowest BCUT2D eigenvalue weighted by Crippen LogP contribution is -2.48. The Morgan fingerprint density at radius 2 is 2.04 bits per heavy atom. The van der Waals surface area contributed by atoms with E-state index in [0.29, 0.717) is 23.6 Å². The van der Waals surface area contributed by atoms with Gasteiger partial charge in [0.05, 0.1) is 11.8 Å². The summed E-state index contributed by atoms with van der Waals surface area (Å²) in [6.45, 7) is 1.77. The molecule has 0 spiro atoms. The molecule has 1 heterocycles. The molecule has 1 saturated heterocycles. The van der Waals surface area contributed by atoms with Gasteiger partial charge in [-0.1, -0.05) is 37.3 Å². The Morgan fingerprint density at radius 3 is 2.65 bits per heavy atom. The van der Waals surface area contributed by atoms with E-state index in [2.05, 4.69) is 5.32 Å². The summed E-state index contributed by atoms with van der Waals surface area (Å²) in [6, 6.07) is 8.28. The van der Waals surface area contributed by atoms with Gasteiger partial charge >= 0.3 is 5.97 Å². The van der Waals surface area contributed by atoms with Gasteiger partial charge in [0.25, 0.3) is 0 Å². The first kappa shape index (κ1) is 17.3. The number of carbonyl (C=O) groups excluding carboxylic acids is 2. The first-order valence-electron chi connectivity index (χ1n) is 7.47. The third-order valence-corrected chi connectivity index (χ3v) is 4.80. The van der Waals surface area contributed by atoms with Crippen molar-refractivity contribution in [3.8, 4) is 0 Å². The number of carboxylic acid groups (broad SMARTS) is 1. The van der Waals surface area contributed by atoms with Gasteiger partial charge in [0.2, 0.25) is 11.8 Å². The van der Waals surface area contributed by atoms with Crippen molar-refractivity contribution in [2.24, 2.45) is 0 Å². The second kappa shape index (κ2) is 8.01. The topological polar surface area (TPSA) is 86.7 Å². The number of hydrogen-bond donors (Lipinski definition) is 2. The van der Waals surface area contributed by atoms with Gasteiger partial charge in [0, 0.05) is 18.7 Å². The smallest absolute Gasteiger partial charge is 0.312 e. The summed E-state index contributed by atoms with van der Waals surface area (Å²) in [5.41, 5.74) is 0.641. The van der Waals surface area contributed by atoms with Gasteiger partial charge < -0.3 is 15.3 Å². The maximum atomic E-state index is 12.3. The van der Waals surface area contributed by atoms with Gasteiger partial charge in [-0.05, 0) is 5.56 Å². The summed E-state index contributed by atoms with van der Waals surface area (Å²) in [5.74, 6) is -1.10. The first-order chi connectivity index (χ1) is 11.0. The van der Waals surface area contributed by atoms with E-state index in [-0.39, 0.29) is 18.4 Å². The van der Waals surface area contributed by atoms with Crippen LogP contribution in [0.3, 0.4) is 0 Å². The average molecular weight is 336 g/mol. The zero-order chi connectivity index (χ0) is 16.8. The molecule has 7 heteroatoms. The molecule has 1 aliphatic heterocycles. The SMILES string of the molecule is CCC(=O)N1CSCC1C(=O)NCC(C(=O)O)c1ccccc1. The predicted octanol–water partition coefficient (Wildman–Crippen LogP) is 1.28. The molecule has 1 aromatic rings. The van der Waals surface area contributed by atoms with Gasteiger partial charge in [-0.25, -0.2) is 0 Å². The van der Waals surface area contributed by atoms with Crippen LogP contribution in [0.4, 0.5) is 0 Å². The highest BCUT2D eigenvalue weighted by Crippen LogP contribution is 2.22. The fourth-order valence-corrected chi connectivity index (χ4v) is 3.64. The van der Waals surface area contributed by atoms with Crippen LogP contribution >= 0.6 is 11.8 Å². The van der Waals surface area contributed by atoms with E-state index in [9.17, 15) is 19.5 Å². The summed E-state index contributed by atoms with van der Waals surface area (Å²) in [5, 5.41) is 12.0. The average Bonchev–Trinajstić information content (AvgIpc) is 3.04. The molecule has 2 N–H and O–H groups in total. The van der Waals surface area contributed by atoms with Crippen molar-refractivity contribution < 1.29 is 19.5 Å². The van der Waals surface area contributed by atoms with Gasteiger partial charge in [-0.15, -0.1) is 11.8 Å². The van der Waals surface area contributed by atoms with E-state index >= 15 is 0 Å². The number of carboxylic acids is 1. The number of nitrogens with one attached hydrogen (secondary N) is 1. The number of amides is 2. The van der Waals surface area contributed by atoms with Crippen molar-refractivity contribution in [1.29, 1.82) is 0 Å². The van der Waals surface area contributed by atoms with Crippen LogP contribution in [0.5, 0.6) is 0 Å². The highest BCUT2D eigenvalue weighted by Gasteiger charge is 2.34. The Hall–Kier alpha value is -2.02. The summed E-state index contributed by atoms with van der Waals surface area (Å²) in [4.78, 5) is 37.1. The lowest BCUT2D eigenvalue weighted by Gasteiger charge is -2.23. The summed E-state index contributed by atoms with van der Waals surface area (Å²) >= 11 is 1.53. The molecule has 0 bridgehead atoms. The molecule has 0 radical (unpaired) electrons. The summed E-state index contributed by atoms with van der Waals surface area (Å²) in [7, 11) is 0. The molecule has 0 saturated carbocycles. The van der Waals surface area contributed by atoms with Gasteiger partial charge in [0.15, 0.2) is 0 Å². The van der Waals surface area contributed by atoms with E-state index in [4.69, 9.17) is 0 Å². The largest absolute Gasteiger partial charge is 0.481 e.